The normalized spacial score (nSPS) is 13.0. The van der Waals surface area contributed by atoms with Gasteiger partial charge in [0.05, 0.1) is 44.1 Å². The van der Waals surface area contributed by atoms with Crippen LogP contribution in [-0.4, -0.2) is 29.5 Å². The summed E-state index contributed by atoms with van der Waals surface area (Å²) < 4.78 is 12.8. The number of para-hydroxylation sites is 6. The lowest BCUT2D eigenvalue weighted by Gasteiger charge is -2.34. The molecule has 21 rings (SSSR count). The minimum atomic E-state index is -0.135. The first-order chi connectivity index (χ1) is 41.7. The first-order valence-corrected chi connectivity index (χ1v) is 29.3. The van der Waals surface area contributed by atoms with Crippen molar-refractivity contribution in [2.24, 2.45) is 0 Å². The number of nitrogens with zero attached hydrogens (tertiary/aromatic N) is 5. The number of aromatic nitrogens is 5. The highest BCUT2D eigenvalue weighted by Gasteiger charge is 2.42. The molecule has 0 unspecified atom stereocenters. The topological polar surface area (TPSA) is 24.6 Å². The van der Waals surface area contributed by atoms with Gasteiger partial charge < -0.3 is 22.8 Å². The van der Waals surface area contributed by atoms with Crippen LogP contribution in [0, 0.1) is 0 Å². The first-order valence-electron chi connectivity index (χ1n) is 29.3. The Morgan fingerprint density at radius 3 is 0.940 bits per heavy atom. The molecule has 0 radical (unpaired) electrons. The van der Waals surface area contributed by atoms with Crippen LogP contribution in [0.3, 0.4) is 0 Å². The van der Waals surface area contributed by atoms with Crippen molar-refractivity contribution in [3.8, 4) is 28.4 Å². The summed E-state index contributed by atoms with van der Waals surface area (Å²) in [6.45, 7) is -0.135. The molecule has 0 saturated carbocycles. The summed E-state index contributed by atoms with van der Waals surface area (Å²) in [7, 11) is 0. The van der Waals surface area contributed by atoms with Crippen LogP contribution in [0.1, 0.15) is 0 Å². The predicted octanol–water partition coefficient (Wildman–Crippen LogP) is 17.8. The molecule has 384 valence electrons. The van der Waals surface area contributed by atoms with E-state index in [-0.39, 0.29) is 6.71 Å². The van der Waals surface area contributed by atoms with Gasteiger partial charge in [0, 0.05) is 93.3 Å². The molecule has 84 heavy (non-hydrogen) atoms. The van der Waals surface area contributed by atoms with Crippen LogP contribution < -0.4 is 16.4 Å². The monoisotopic (exact) mass is 1060 g/mol. The van der Waals surface area contributed by atoms with Gasteiger partial charge in [0.1, 0.15) is 0 Å². The quantitative estimate of drug-likeness (QED) is 0.124. The second-order valence-corrected chi connectivity index (χ2v) is 23.5. The van der Waals surface area contributed by atoms with E-state index in [1.807, 2.05) is 0 Å². The van der Waals surface area contributed by atoms with Gasteiger partial charge in [0.25, 0.3) is 6.71 Å². The Balaban J connectivity index is 0.948. The number of benzene rings is 14. The molecule has 2 aliphatic heterocycles. The van der Waals surface area contributed by atoms with E-state index in [4.69, 9.17) is 0 Å². The Morgan fingerprint density at radius 2 is 0.512 bits per heavy atom. The van der Waals surface area contributed by atoms with Crippen molar-refractivity contribution in [2.75, 3.05) is 0 Å². The van der Waals surface area contributed by atoms with Crippen LogP contribution in [0.4, 0.5) is 0 Å². The third-order valence-corrected chi connectivity index (χ3v) is 19.6. The van der Waals surface area contributed by atoms with Gasteiger partial charge in [-0.25, -0.2) is 0 Å². The third-order valence-electron chi connectivity index (χ3n) is 19.6. The lowest BCUT2D eigenvalue weighted by Crippen LogP contribution is -2.59. The van der Waals surface area contributed by atoms with Crippen molar-refractivity contribution in [3.63, 3.8) is 0 Å². The minimum absolute atomic E-state index is 0.135. The molecule has 0 N–H and O–H groups in total. The highest BCUT2D eigenvalue weighted by molar-refractivity contribution is 7.00. The Hall–Kier alpha value is -11.1. The number of rotatable bonds is 3. The second-order valence-electron chi connectivity index (χ2n) is 23.5. The zero-order valence-electron chi connectivity index (χ0n) is 45.2. The van der Waals surface area contributed by atoms with Crippen LogP contribution >= 0.6 is 0 Å². The first kappa shape index (κ1) is 43.7. The fourth-order valence-electron chi connectivity index (χ4n) is 16.4. The summed E-state index contributed by atoms with van der Waals surface area (Å²) in [5.41, 5.74) is 22.0. The van der Waals surface area contributed by atoms with Crippen molar-refractivity contribution in [1.29, 1.82) is 0 Å². The van der Waals surface area contributed by atoms with E-state index in [9.17, 15) is 0 Å². The van der Waals surface area contributed by atoms with Gasteiger partial charge in [-0.15, -0.1) is 0 Å². The summed E-state index contributed by atoms with van der Waals surface area (Å²) in [6.07, 6.45) is 0. The Labute approximate surface area is 479 Å². The van der Waals surface area contributed by atoms with E-state index >= 15 is 0 Å². The fraction of sp³-hybridized carbons (Fsp3) is 0. The zero-order chi connectivity index (χ0) is 54.2. The summed E-state index contributed by atoms with van der Waals surface area (Å²) in [5.74, 6) is 0. The Bertz CT molecular complexity index is 6100. The van der Waals surface area contributed by atoms with Crippen molar-refractivity contribution in [3.05, 3.63) is 267 Å². The predicted molar refractivity (Wildman–Crippen MR) is 355 cm³/mol. The third kappa shape index (κ3) is 5.29. The summed E-state index contributed by atoms with van der Waals surface area (Å²) in [4.78, 5) is 0. The maximum atomic E-state index is 2.65. The molecule has 0 saturated heterocycles. The Kier molecular flexibility index (Phi) is 8.05. The lowest BCUT2D eigenvalue weighted by atomic mass is 9.34. The van der Waals surface area contributed by atoms with Gasteiger partial charge in [-0.3, -0.25) is 0 Å². The summed E-state index contributed by atoms with van der Waals surface area (Å²) in [6, 6.07) is 101. The van der Waals surface area contributed by atoms with E-state index < -0.39 is 0 Å². The summed E-state index contributed by atoms with van der Waals surface area (Å²) in [5, 5.41) is 20.2. The molecule has 0 bridgehead atoms. The van der Waals surface area contributed by atoms with Crippen LogP contribution in [0.2, 0.25) is 0 Å². The molecular formula is C78H44BN5. The van der Waals surface area contributed by atoms with Crippen molar-refractivity contribution >= 4 is 164 Å². The van der Waals surface area contributed by atoms with Gasteiger partial charge in [-0.05, 0) is 152 Å². The van der Waals surface area contributed by atoms with Gasteiger partial charge in [0.2, 0.25) is 0 Å². The average molecular weight is 1060 g/mol. The summed E-state index contributed by atoms with van der Waals surface area (Å²) >= 11 is 0. The van der Waals surface area contributed by atoms with Crippen molar-refractivity contribution in [2.45, 2.75) is 0 Å². The van der Waals surface area contributed by atoms with E-state index in [0.717, 1.165) is 17.1 Å². The SMILES string of the molecule is c1cc2c3c(c1)-n1c4cc5c6ccccc6c6ccccc6c5cc4c4cc(-n5c6ccccc6c6ccccc65)cc(c41)B3c1cc(-n3c4ccccc4c4ccccc43)cc3c4cc(-n5c6ccccc6c6ccccc65)ccc4n-2c13. The second kappa shape index (κ2) is 15.5. The molecule has 14 aromatic carbocycles. The maximum Gasteiger partial charge on any atom is 0.252 e. The highest BCUT2D eigenvalue weighted by Crippen LogP contribution is 2.46. The minimum Gasteiger partial charge on any atom is -0.310 e. The Morgan fingerprint density at radius 1 is 0.190 bits per heavy atom. The standard InChI is InChI=1S/C78H44BN5/c1-3-20-50-48(18-1)49-19-2-4-21-51(49)59-44-75-61(43-58(50)59)63-40-47(82-70-32-15-9-26-56(70)57-27-10-16-33-71(57)82)42-65-78(63)84(75)74-35-17-34-73-76(74)79(65)64-41-46(81-68-30-13-7-24-54(68)55-25-8-14-31-69(55)81)39-62-60-38-45(36-37-72(60)83(73)77(62)64)80-66-28-11-5-22-52(66)53-23-6-12-29-67(53)80/h1-44H. The van der Waals surface area contributed by atoms with Crippen molar-refractivity contribution in [1.82, 2.24) is 22.8 Å². The lowest BCUT2D eigenvalue weighted by molar-refractivity contribution is 1.13. The maximum absolute atomic E-state index is 2.65. The molecule has 7 heterocycles. The zero-order valence-corrected chi connectivity index (χ0v) is 45.2. The van der Waals surface area contributed by atoms with E-state index in [2.05, 4.69) is 290 Å². The van der Waals surface area contributed by atoms with E-state index in [1.54, 1.807) is 0 Å². The van der Waals surface area contributed by atoms with Crippen LogP contribution in [0.25, 0.3) is 170 Å². The largest absolute Gasteiger partial charge is 0.310 e. The van der Waals surface area contributed by atoms with Gasteiger partial charge in [0.15, 0.2) is 0 Å². The molecule has 6 heteroatoms. The number of hydrogen-bond donors (Lipinski definition) is 0. The molecule has 0 amide bonds. The molecule has 0 atom stereocenters. The van der Waals surface area contributed by atoms with E-state index in [0.29, 0.717) is 0 Å². The smallest absolute Gasteiger partial charge is 0.252 e. The molecule has 0 fully saturated rings. The van der Waals surface area contributed by atoms with Gasteiger partial charge in [-0.1, -0.05) is 164 Å². The molecule has 0 aliphatic carbocycles. The van der Waals surface area contributed by atoms with Crippen LogP contribution in [0.15, 0.2) is 267 Å². The molecule has 19 aromatic rings. The van der Waals surface area contributed by atoms with Gasteiger partial charge in [-0.2, -0.15) is 0 Å². The van der Waals surface area contributed by atoms with Crippen LogP contribution in [0.5, 0.6) is 0 Å². The molecule has 5 aromatic heterocycles. The molecular weight excluding hydrogens is 1020 g/mol. The fourth-order valence-corrected chi connectivity index (χ4v) is 16.4. The highest BCUT2D eigenvalue weighted by atomic mass is 15.1. The average Bonchev–Trinajstić information content (AvgIpc) is 1.80. The van der Waals surface area contributed by atoms with Gasteiger partial charge >= 0.3 is 0 Å². The molecule has 0 spiro atoms. The van der Waals surface area contributed by atoms with Crippen molar-refractivity contribution < 1.29 is 0 Å². The number of fused-ring (bicyclic) bond motifs is 25. The molecule has 2 aliphatic rings. The number of hydrogen-bond acceptors (Lipinski definition) is 0. The van der Waals surface area contributed by atoms with Crippen LogP contribution in [-0.2, 0) is 0 Å². The molecule has 5 nitrogen and oxygen atoms in total. The van der Waals surface area contributed by atoms with E-state index in [1.165, 1.54) is 169 Å².